The van der Waals surface area contributed by atoms with Gasteiger partial charge in [-0.1, -0.05) is 114 Å². The van der Waals surface area contributed by atoms with Crippen LogP contribution < -0.4 is 9.05 Å². The van der Waals surface area contributed by atoms with Crippen LogP contribution in [0.25, 0.3) is 0 Å². The number of hydrogen-bond acceptors (Lipinski definition) is 3. The predicted molar refractivity (Wildman–Crippen MR) is 145 cm³/mol. The van der Waals surface area contributed by atoms with E-state index in [9.17, 15) is 4.57 Å². The molecule has 194 valence electrons. The van der Waals surface area contributed by atoms with Gasteiger partial charge in [0, 0.05) is 28.2 Å². The van der Waals surface area contributed by atoms with E-state index in [1.54, 1.807) is 0 Å². The van der Waals surface area contributed by atoms with Gasteiger partial charge in [-0.25, -0.2) is 4.57 Å². The van der Waals surface area contributed by atoms with Crippen LogP contribution in [-0.2, 0) is 26.2 Å². The number of hydrogen-bond donors (Lipinski definition) is 0. The standard InChI is InChI=1S/C30H44FO3P/c1-18-21-14-19(27(2,3)4)16-23(29(8,9)10)25(21)33-35(31,32)34-26-22(18)15-20(28(5,6)7)17-24(26)30(11,12)13/h14-18H,1-13H3. The Morgan fingerprint density at radius 2 is 0.943 bits per heavy atom. The molecule has 0 unspecified atom stereocenters. The molecule has 0 aromatic heterocycles. The Balaban J connectivity index is 2.51. The van der Waals surface area contributed by atoms with E-state index >= 15 is 4.20 Å². The van der Waals surface area contributed by atoms with Crippen LogP contribution in [0.2, 0.25) is 0 Å². The zero-order valence-electron chi connectivity index (χ0n) is 23.9. The van der Waals surface area contributed by atoms with Crippen molar-refractivity contribution in [3.8, 4) is 11.5 Å². The third-order valence-corrected chi connectivity index (χ3v) is 7.72. The number of benzene rings is 2. The van der Waals surface area contributed by atoms with E-state index in [4.69, 9.17) is 9.05 Å². The molecule has 0 bridgehead atoms. The van der Waals surface area contributed by atoms with Crippen LogP contribution in [0.4, 0.5) is 4.20 Å². The Morgan fingerprint density at radius 3 is 1.20 bits per heavy atom. The molecule has 0 atom stereocenters. The highest BCUT2D eigenvalue weighted by Crippen LogP contribution is 2.59. The zero-order valence-corrected chi connectivity index (χ0v) is 24.8. The van der Waals surface area contributed by atoms with Crippen LogP contribution >= 0.6 is 7.91 Å². The molecule has 3 rings (SSSR count). The lowest BCUT2D eigenvalue weighted by Crippen LogP contribution is -2.23. The summed E-state index contributed by atoms with van der Waals surface area (Å²) in [5.41, 5.74) is 4.67. The van der Waals surface area contributed by atoms with Crippen molar-refractivity contribution in [2.75, 3.05) is 0 Å². The van der Waals surface area contributed by atoms with Crippen LogP contribution in [0.15, 0.2) is 24.3 Å². The molecular weight excluding hydrogens is 458 g/mol. The highest BCUT2D eigenvalue weighted by atomic mass is 31.2. The molecule has 0 saturated carbocycles. The molecule has 0 spiro atoms. The first-order valence-corrected chi connectivity index (χ1v) is 14.0. The molecule has 1 aliphatic heterocycles. The molecule has 3 nitrogen and oxygen atoms in total. The summed E-state index contributed by atoms with van der Waals surface area (Å²) in [6.45, 7) is 27.5. The van der Waals surface area contributed by atoms with E-state index < -0.39 is 7.91 Å². The van der Waals surface area contributed by atoms with Crippen LogP contribution in [-0.4, -0.2) is 0 Å². The summed E-state index contributed by atoms with van der Waals surface area (Å²) in [5, 5.41) is 0. The van der Waals surface area contributed by atoms with Gasteiger partial charge >= 0.3 is 7.91 Å². The maximum Gasteiger partial charge on any atom is 0.628 e. The van der Waals surface area contributed by atoms with Gasteiger partial charge in [-0.2, -0.15) is 0 Å². The molecule has 35 heavy (non-hydrogen) atoms. The molecule has 0 N–H and O–H groups in total. The molecule has 1 aliphatic rings. The lowest BCUT2D eigenvalue weighted by molar-refractivity contribution is 0.322. The highest BCUT2D eigenvalue weighted by Gasteiger charge is 2.41. The lowest BCUT2D eigenvalue weighted by Gasteiger charge is -2.35. The van der Waals surface area contributed by atoms with E-state index in [1.807, 2.05) is 0 Å². The van der Waals surface area contributed by atoms with Crippen LogP contribution in [0.1, 0.15) is 129 Å². The van der Waals surface area contributed by atoms with Gasteiger partial charge < -0.3 is 9.05 Å². The largest absolute Gasteiger partial charge is 0.628 e. The molecule has 2 aromatic carbocycles. The first-order valence-electron chi connectivity index (χ1n) is 12.6. The van der Waals surface area contributed by atoms with Crippen LogP contribution in [0.3, 0.4) is 0 Å². The SMILES string of the molecule is CC1c2cc(C(C)(C)C)cc(C(C)(C)C)c2OP(=O)(F)Oc2c1cc(C(C)(C)C)cc2C(C)(C)C. The fraction of sp³-hybridized carbons (Fsp3) is 0.600. The Kier molecular flexibility index (Phi) is 6.64. The van der Waals surface area contributed by atoms with E-state index in [2.05, 4.69) is 114 Å². The minimum absolute atomic E-state index is 0.125. The maximum absolute atomic E-state index is 15.7. The number of rotatable bonds is 0. The van der Waals surface area contributed by atoms with Crippen LogP contribution in [0, 0.1) is 0 Å². The fourth-order valence-corrected chi connectivity index (χ4v) is 5.42. The smallest absolute Gasteiger partial charge is 0.391 e. The van der Waals surface area contributed by atoms with E-state index in [1.165, 1.54) is 0 Å². The summed E-state index contributed by atoms with van der Waals surface area (Å²) in [6.07, 6.45) is 0. The van der Waals surface area contributed by atoms with Gasteiger partial charge in [0.2, 0.25) is 0 Å². The number of halogens is 1. The Labute approximate surface area is 212 Å². The summed E-state index contributed by atoms with van der Waals surface area (Å²) >= 11 is 0. The van der Waals surface area contributed by atoms with E-state index in [-0.39, 0.29) is 27.6 Å². The maximum atomic E-state index is 15.7. The summed E-state index contributed by atoms with van der Waals surface area (Å²) < 4.78 is 40.4. The highest BCUT2D eigenvalue weighted by molar-refractivity contribution is 7.48. The molecule has 2 aromatic rings. The Morgan fingerprint density at radius 1 is 0.629 bits per heavy atom. The quantitative estimate of drug-likeness (QED) is 0.336. The van der Waals surface area contributed by atoms with Crippen molar-refractivity contribution >= 4 is 7.91 Å². The second-order valence-electron chi connectivity index (χ2n) is 14.2. The minimum Gasteiger partial charge on any atom is -0.391 e. The van der Waals surface area contributed by atoms with Crippen molar-refractivity contribution in [1.29, 1.82) is 0 Å². The first-order chi connectivity index (χ1) is 15.5. The second kappa shape index (κ2) is 8.37. The van der Waals surface area contributed by atoms with Gasteiger partial charge in [-0.15, -0.1) is 4.20 Å². The predicted octanol–water partition coefficient (Wildman–Crippen LogP) is 9.88. The molecular formula is C30H44FO3P. The monoisotopic (exact) mass is 502 g/mol. The topological polar surface area (TPSA) is 35.5 Å². The van der Waals surface area contributed by atoms with Crippen molar-refractivity contribution in [2.45, 2.75) is 118 Å². The molecule has 0 aliphatic carbocycles. The van der Waals surface area contributed by atoms with Crippen molar-refractivity contribution in [3.63, 3.8) is 0 Å². The third-order valence-electron chi connectivity index (χ3n) is 6.92. The first kappa shape index (κ1) is 27.8. The van der Waals surface area contributed by atoms with Gasteiger partial charge in [-0.3, -0.25) is 0 Å². The Hall–Kier alpha value is -1.80. The minimum atomic E-state index is -4.95. The average Bonchev–Trinajstić information content (AvgIpc) is 2.62. The van der Waals surface area contributed by atoms with Gasteiger partial charge in [0.25, 0.3) is 0 Å². The van der Waals surface area contributed by atoms with Gasteiger partial charge in [0.05, 0.1) is 0 Å². The number of fused-ring (bicyclic) bond motifs is 2. The second-order valence-corrected chi connectivity index (χ2v) is 15.4. The van der Waals surface area contributed by atoms with Gasteiger partial charge in [0.15, 0.2) is 0 Å². The fourth-order valence-electron chi connectivity index (χ4n) is 4.53. The normalized spacial score (nSPS) is 21.3. The van der Waals surface area contributed by atoms with Crippen molar-refractivity contribution in [1.82, 2.24) is 0 Å². The summed E-state index contributed by atoms with van der Waals surface area (Å²) in [7, 11) is -4.95. The molecule has 5 heteroatoms. The van der Waals surface area contributed by atoms with Crippen molar-refractivity contribution in [3.05, 3.63) is 57.6 Å². The summed E-state index contributed by atoms with van der Waals surface area (Å²) in [6, 6.07) is 8.34. The van der Waals surface area contributed by atoms with E-state index in [0.29, 0.717) is 11.5 Å². The molecule has 1 heterocycles. The third kappa shape index (κ3) is 5.63. The summed E-state index contributed by atoms with van der Waals surface area (Å²) in [4.78, 5) is 0. The van der Waals surface area contributed by atoms with Crippen LogP contribution in [0.5, 0.6) is 11.5 Å². The lowest BCUT2D eigenvalue weighted by atomic mass is 9.74. The zero-order chi connectivity index (χ0) is 26.9. The van der Waals surface area contributed by atoms with Gasteiger partial charge in [0.1, 0.15) is 11.5 Å². The van der Waals surface area contributed by atoms with Crippen molar-refractivity contribution in [2.24, 2.45) is 0 Å². The molecule has 0 saturated heterocycles. The Bertz CT molecular complexity index is 1100. The van der Waals surface area contributed by atoms with Gasteiger partial charge in [-0.05, 0) is 32.8 Å². The molecule has 0 radical (unpaired) electrons. The summed E-state index contributed by atoms with van der Waals surface area (Å²) in [5.74, 6) is 0.521. The molecule has 0 fully saturated rings. The van der Waals surface area contributed by atoms with E-state index in [0.717, 1.165) is 33.4 Å². The average molecular weight is 503 g/mol. The molecule has 0 amide bonds. The van der Waals surface area contributed by atoms with Crippen molar-refractivity contribution < 1.29 is 17.8 Å².